The molecule has 2 aromatic carbocycles. The summed E-state index contributed by atoms with van der Waals surface area (Å²) < 4.78 is 26.2. The third-order valence-corrected chi connectivity index (χ3v) is 6.75. The molecule has 0 spiro atoms. The molecule has 0 aromatic heterocycles. The molecule has 0 N–H and O–H groups in total. The van der Waals surface area contributed by atoms with E-state index in [0.717, 1.165) is 22.9 Å². The second-order valence-electron chi connectivity index (χ2n) is 4.83. The Morgan fingerprint density at radius 1 is 0.750 bits per heavy atom. The number of benzene rings is 2. The van der Waals surface area contributed by atoms with Crippen molar-refractivity contribution >= 4 is 15.0 Å². The van der Waals surface area contributed by atoms with Crippen molar-refractivity contribution in [2.45, 2.75) is 16.1 Å². The fraction of sp³-hybridized carbons (Fsp3) is 0.176. The van der Waals surface area contributed by atoms with Crippen LogP contribution in [0.5, 0.6) is 0 Å². The van der Waals surface area contributed by atoms with Gasteiger partial charge in [-0.05, 0) is 0 Å². The molecule has 2 aromatic rings. The molecule has 0 saturated carbocycles. The molecule has 0 bridgehead atoms. The summed E-state index contributed by atoms with van der Waals surface area (Å²) in [5, 5.41) is 1.04. The van der Waals surface area contributed by atoms with Gasteiger partial charge in [-0.25, -0.2) is 0 Å². The van der Waals surface area contributed by atoms with Crippen molar-refractivity contribution < 1.29 is 8.78 Å². The van der Waals surface area contributed by atoms with Gasteiger partial charge in [0, 0.05) is 0 Å². The van der Waals surface area contributed by atoms with Crippen molar-refractivity contribution in [2.24, 2.45) is 0 Å². The van der Waals surface area contributed by atoms with Gasteiger partial charge in [0.15, 0.2) is 0 Å². The van der Waals surface area contributed by atoms with Crippen LogP contribution in [-0.4, -0.2) is 15.0 Å². The Morgan fingerprint density at radius 3 is 1.65 bits per heavy atom. The van der Waals surface area contributed by atoms with Crippen LogP contribution in [0, 0.1) is 11.6 Å². The minimum absolute atomic E-state index is 0.108. The summed E-state index contributed by atoms with van der Waals surface area (Å²) in [5.74, 6) is -0.441. The van der Waals surface area contributed by atoms with E-state index in [9.17, 15) is 8.78 Å². The van der Waals surface area contributed by atoms with Crippen LogP contribution < -0.4 is 0 Å². The summed E-state index contributed by atoms with van der Waals surface area (Å²) in [5.41, 5.74) is 2.24. The molecule has 0 amide bonds. The Morgan fingerprint density at radius 2 is 1.25 bits per heavy atom. The van der Waals surface area contributed by atoms with E-state index in [0.29, 0.717) is 15.0 Å². The number of allylic oxidation sites excluding steroid dienone is 2. The molecule has 0 saturated heterocycles. The van der Waals surface area contributed by atoms with E-state index in [1.165, 1.54) is 24.3 Å². The second kappa shape index (κ2) is 5.51. The van der Waals surface area contributed by atoms with Crippen molar-refractivity contribution in [3.63, 3.8) is 0 Å². The summed E-state index contributed by atoms with van der Waals surface area (Å²) in [7, 11) is 0. The number of rotatable bonds is 2. The Balaban J connectivity index is 2.11. The molecule has 0 fully saturated rings. The van der Waals surface area contributed by atoms with Crippen LogP contribution >= 0.6 is 0 Å². The van der Waals surface area contributed by atoms with E-state index < -0.39 is 0 Å². The SMILES string of the molecule is Fc1ccc(C2(c3ccc(F)cc3)CC=CC[Se]2)cc1. The summed E-state index contributed by atoms with van der Waals surface area (Å²) in [6, 6.07) is 13.5. The standard InChI is InChI=1S/C17H14F2Se/c18-15-7-3-13(4-8-15)17(11-1-2-12-20-17)14-5-9-16(19)10-6-14/h1-10H,11-12H2. The predicted octanol–water partition coefficient (Wildman–Crippen LogP) is 4.29. The van der Waals surface area contributed by atoms with E-state index in [1.54, 1.807) is 0 Å². The molecule has 0 atom stereocenters. The molecule has 20 heavy (non-hydrogen) atoms. The molecular weight excluding hydrogens is 321 g/mol. The molecule has 1 aliphatic rings. The molecule has 3 heteroatoms. The van der Waals surface area contributed by atoms with Crippen LogP contribution in [0.15, 0.2) is 60.7 Å². The van der Waals surface area contributed by atoms with Gasteiger partial charge in [-0.15, -0.1) is 0 Å². The van der Waals surface area contributed by atoms with Crippen molar-refractivity contribution in [1.29, 1.82) is 0 Å². The molecule has 102 valence electrons. The van der Waals surface area contributed by atoms with Crippen LogP contribution in [0.1, 0.15) is 17.5 Å². The quantitative estimate of drug-likeness (QED) is 0.567. The second-order valence-corrected chi connectivity index (χ2v) is 7.59. The van der Waals surface area contributed by atoms with Gasteiger partial charge in [0.1, 0.15) is 0 Å². The van der Waals surface area contributed by atoms with Gasteiger partial charge in [-0.2, -0.15) is 0 Å². The fourth-order valence-electron chi connectivity index (χ4n) is 2.57. The molecule has 0 aliphatic carbocycles. The minimum atomic E-state index is -0.221. The zero-order valence-electron chi connectivity index (χ0n) is 10.9. The molecule has 0 radical (unpaired) electrons. The molecule has 0 unspecified atom stereocenters. The maximum atomic E-state index is 13.2. The van der Waals surface area contributed by atoms with Crippen LogP contribution in [0.4, 0.5) is 8.78 Å². The van der Waals surface area contributed by atoms with Crippen molar-refractivity contribution in [3.05, 3.63) is 83.4 Å². The summed E-state index contributed by atoms with van der Waals surface area (Å²) in [6.45, 7) is 0. The molecule has 3 rings (SSSR count). The van der Waals surface area contributed by atoms with Gasteiger partial charge in [0.25, 0.3) is 0 Å². The number of hydrogen-bond acceptors (Lipinski definition) is 0. The molecular formula is C17H14F2Se. The Hall–Kier alpha value is -1.44. The molecule has 0 nitrogen and oxygen atoms in total. The average Bonchev–Trinajstić information content (AvgIpc) is 2.49. The zero-order valence-corrected chi connectivity index (χ0v) is 12.6. The van der Waals surface area contributed by atoms with Crippen molar-refractivity contribution in [1.82, 2.24) is 0 Å². The van der Waals surface area contributed by atoms with E-state index in [-0.39, 0.29) is 15.9 Å². The number of hydrogen-bond donors (Lipinski definition) is 0. The first-order valence-corrected chi connectivity index (χ1v) is 8.58. The van der Waals surface area contributed by atoms with Gasteiger partial charge >= 0.3 is 123 Å². The third-order valence-electron chi connectivity index (χ3n) is 3.62. The van der Waals surface area contributed by atoms with Gasteiger partial charge in [0.2, 0.25) is 0 Å². The summed E-state index contributed by atoms with van der Waals surface area (Å²) in [6.07, 6.45) is 5.27. The van der Waals surface area contributed by atoms with Crippen molar-refractivity contribution in [2.75, 3.05) is 0 Å². The Labute approximate surface area is 123 Å². The third kappa shape index (κ3) is 2.44. The van der Waals surface area contributed by atoms with Crippen LogP contribution in [0.25, 0.3) is 0 Å². The first kappa shape index (κ1) is 13.5. The van der Waals surface area contributed by atoms with Gasteiger partial charge in [0.05, 0.1) is 0 Å². The van der Waals surface area contributed by atoms with Crippen LogP contribution in [-0.2, 0) is 4.31 Å². The van der Waals surface area contributed by atoms with E-state index >= 15 is 0 Å². The average molecular weight is 335 g/mol. The van der Waals surface area contributed by atoms with Gasteiger partial charge in [-0.1, -0.05) is 0 Å². The first-order valence-electron chi connectivity index (χ1n) is 6.52. The van der Waals surface area contributed by atoms with Gasteiger partial charge < -0.3 is 0 Å². The first-order chi connectivity index (χ1) is 9.71. The zero-order chi connectivity index (χ0) is 14.0. The van der Waals surface area contributed by atoms with Crippen LogP contribution in [0.2, 0.25) is 5.32 Å². The molecule has 1 heterocycles. The Bertz CT molecular complexity index is 569. The number of halogens is 2. The van der Waals surface area contributed by atoms with E-state index in [2.05, 4.69) is 12.2 Å². The fourth-order valence-corrected chi connectivity index (χ4v) is 5.38. The normalized spacial score (nSPS) is 17.1. The van der Waals surface area contributed by atoms with Crippen LogP contribution in [0.3, 0.4) is 0 Å². The topological polar surface area (TPSA) is 0 Å². The van der Waals surface area contributed by atoms with E-state index in [4.69, 9.17) is 0 Å². The monoisotopic (exact) mass is 336 g/mol. The van der Waals surface area contributed by atoms with E-state index in [1.807, 2.05) is 24.3 Å². The maximum absolute atomic E-state index is 13.2. The summed E-state index contributed by atoms with van der Waals surface area (Å²) >= 11 is 0.331. The predicted molar refractivity (Wildman–Crippen MR) is 77.9 cm³/mol. The van der Waals surface area contributed by atoms with Gasteiger partial charge in [-0.3, -0.25) is 0 Å². The molecule has 1 aliphatic heterocycles. The Kier molecular flexibility index (Phi) is 3.73. The summed E-state index contributed by atoms with van der Waals surface area (Å²) in [4.78, 5) is 0. The van der Waals surface area contributed by atoms with Crippen molar-refractivity contribution in [3.8, 4) is 0 Å².